The van der Waals surface area contributed by atoms with Crippen molar-refractivity contribution in [1.29, 1.82) is 0 Å². The Morgan fingerprint density at radius 1 is 1.21 bits per heavy atom. The topological polar surface area (TPSA) is 35.2 Å². The molecule has 0 bridgehead atoms. The van der Waals surface area contributed by atoms with Gasteiger partial charge in [-0.3, -0.25) is 0 Å². The largest absolute Gasteiger partial charge is 0.573 e. The maximum Gasteiger partial charge on any atom is 0.573 e. The third-order valence-electron chi connectivity index (χ3n) is 1.06. The summed E-state index contributed by atoms with van der Waals surface area (Å²) in [5.74, 6) is -0.161. The van der Waals surface area contributed by atoms with Gasteiger partial charge in [0, 0.05) is 0 Å². The van der Waals surface area contributed by atoms with Crippen LogP contribution >= 0.6 is 22.6 Å². The van der Waals surface area contributed by atoms with Gasteiger partial charge >= 0.3 is 6.36 Å². The SMILES string of the molecule is CN.FC(F)(F)Oc1ccccc1I. The van der Waals surface area contributed by atoms with Gasteiger partial charge in [0.05, 0.1) is 3.57 Å². The van der Waals surface area contributed by atoms with Crippen LogP contribution < -0.4 is 10.5 Å². The summed E-state index contributed by atoms with van der Waals surface area (Å²) in [5.41, 5.74) is 4.50. The van der Waals surface area contributed by atoms with E-state index in [0.29, 0.717) is 3.57 Å². The van der Waals surface area contributed by atoms with E-state index in [1.165, 1.54) is 19.2 Å². The second kappa shape index (κ2) is 6.07. The molecule has 2 N–H and O–H groups in total. The Bertz CT molecular complexity index is 278. The maximum atomic E-state index is 11.7. The molecule has 0 aliphatic rings. The summed E-state index contributed by atoms with van der Waals surface area (Å²) in [5, 5.41) is 0. The number of para-hydroxylation sites is 1. The summed E-state index contributed by atoms with van der Waals surface area (Å²) < 4.78 is 39.2. The van der Waals surface area contributed by atoms with E-state index in [0.717, 1.165) is 0 Å². The van der Waals surface area contributed by atoms with Gasteiger partial charge in [-0.25, -0.2) is 0 Å². The lowest BCUT2D eigenvalue weighted by atomic mass is 10.3. The third kappa shape index (κ3) is 5.28. The lowest BCUT2D eigenvalue weighted by Gasteiger charge is -2.09. The average Bonchev–Trinajstić information content (AvgIpc) is 2.10. The molecular weight excluding hydrogens is 310 g/mol. The standard InChI is InChI=1S/C7H4F3IO.CH5N/c8-7(9,10)12-6-4-2-1-3-5(6)11;1-2/h1-4H;2H2,1H3. The summed E-state index contributed by atoms with van der Waals surface area (Å²) >= 11 is 1.78. The fourth-order valence-corrected chi connectivity index (χ4v) is 1.15. The van der Waals surface area contributed by atoms with Crippen LogP contribution in [0.1, 0.15) is 0 Å². The zero-order chi connectivity index (χ0) is 11.2. The van der Waals surface area contributed by atoms with Gasteiger partial charge in [0.1, 0.15) is 5.75 Å². The summed E-state index contributed by atoms with van der Waals surface area (Å²) in [6, 6.07) is 5.95. The number of nitrogens with two attached hydrogens (primary N) is 1. The molecule has 0 saturated carbocycles. The minimum absolute atomic E-state index is 0.161. The van der Waals surface area contributed by atoms with Crippen molar-refractivity contribution in [1.82, 2.24) is 0 Å². The molecule has 0 amide bonds. The molecule has 0 aromatic heterocycles. The van der Waals surface area contributed by atoms with Gasteiger partial charge in [0.15, 0.2) is 0 Å². The molecule has 0 heterocycles. The van der Waals surface area contributed by atoms with Crippen LogP contribution in [0.3, 0.4) is 0 Å². The van der Waals surface area contributed by atoms with E-state index in [1.807, 2.05) is 0 Å². The van der Waals surface area contributed by atoms with Crippen molar-refractivity contribution in [2.45, 2.75) is 6.36 Å². The normalized spacial score (nSPS) is 10.1. The molecule has 1 aromatic carbocycles. The van der Waals surface area contributed by atoms with Crippen LogP contribution in [0, 0.1) is 3.57 Å². The maximum absolute atomic E-state index is 11.7. The molecule has 0 unspecified atom stereocenters. The molecule has 6 heteroatoms. The minimum Gasteiger partial charge on any atom is -0.405 e. The van der Waals surface area contributed by atoms with Crippen LogP contribution in [-0.4, -0.2) is 13.4 Å². The van der Waals surface area contributed by atoms with Crippen LogP contribution in [0.15, 0.2) is 24.3 Å². The number of benzene rings is 1. The van der Waals surface area contributed by atoms with Crippen LogP contribution in [-0.2, 0) is 0 Å². The third-order valence-corrected chi connectivity index (χ3v) is 1.95. The van der Waals surface area contributed by atoms with Crippen LogP contribution in [0.4, 0.5) is 13.2 Å². The van der Waals surface area contributed by atoms with Crippen LogP contribution in [0.25, 0.3) is 0 Å². The number of hydrogen-bond donors (Lipinski definition) is 1. The smallest absolute Gasteiger partial charge is 0.405 e. The molecule has 1 rings (SSSR count). The van der Waals surface area contributed by atoms with E-state index >= 15 is 0 Å². The zero-order valence-electron chi connectivity index (χ0n) is 7.31. The number of rotatable bonds is 1. The monoisotopic (exact) mass is 319 g/mol. The Morgan fingerprint density at radius 3 is 2.14 bits per heavy atom. The summed E-state index contributed by atoms with van der Waals surface area (Å²) in [7, 11) is 1.50. The Kier molecular flexibility index (Phi) is 5.86. The number of hydrogen-bond acceptors (Lipinski definition) is 2. The van der Waals surface area contributed by atoms with E-state index in [9.17, 15) is 13.2 Å². The highest BCUT2D eigenvalue weighted by molar-refractivity contribution is 14.1. The van der Waals surface area contributed by atoms with E-state index in [2.05, 4.69) is 10.5 Å². The van der Waals surface area contributed by atoms with Gasteiger partial charge in [-0.05, 0) is 41.8 Å². The first-order valence-electron chi connectivity index (χ1n) is 3.57. The summed E-state index contributed by atoms with van der Waals surface area (Å²) in [6.45, 7) is 0. The molecule has 0 fully saturated rings. The zero-order valence-corrected chi connectivity index (χ0v) is 9.46. The fraction of sp³-hybridized carbons (Fsp3) is 0.250. The Balaban J connectivity index is 0.000000791. The molecule has 0 atom stereocenters. The van der Waals surface area contributed by atoms with Crippen molar-refractivity contribution in [2.75, 3.05) is 7.05 Å². The second-order valence-corrected chi connectivity index (χ2v) is 3.14. The van der Waals surface area contributed by atoms with E-state index < -0.39 is 6.36 Å². The van der Waals surface area contributed by atoms with Crippen molar-refractivity contribution in [2.24, 2.45) is 5.73 Å². The van der Waals surface area contributed by atoms with Crippen molar-refractivity contribution >= 4 is 22.6 Å². The molecular formula is C8H9F3INO. The second-order valence-electron chi connectivity index (χ2n) is 1.98. The lowest BCUT2D eigenvalue weighted by molar-refractivity contribution is -0.274. The lowest BCUT2D eigenvalue weighted by Crippen LogP contribution is -2.17. The summed E-state index contributed by atoms with van der Waals surface area (Å²) in [4.78, 5) is 0. The van der Waals surface area contributed by atoms with Gasteiger partial charge in [-0.1, -0.05) is 12.1 Å². The van der Waals surface area contributed by atoms with Gasteiger partial charge in [0.2, 0.25) is 0 Å². The van der Waals surface area contributed by atoms with E-state index in [4.69, 9.17) is 0 Å². The van der Waals surface area contributed by atoms with E-state index in [-0.39, 0.29) is 5.75 Å². The molecule has 0 saturated heterocycles. The fourth-order valence-electron chi connectivity index (χ4n) is 0.652. The summed E-state index contributed by atoms with van der Waals surface area (Å²) in [6.07, 6.45) is -4.61. The molecule has 0 aliphatic carbocycles. The number of ether oxygens (including phenoxy) is 1. The predicted molar refractivity (Wildman–Crippen MR) is 56.0 cm³/mol. The predicted octanol–water partition coefficient (Wildman–Crippen LogP) is 2.76. The average molecular weight is 319 g/mol. The Hall–Kier alpha value is -0.500. The Morgan fingerprint density at radius 2 is 1.71 bits per heavy atom. The molecule has 80 valence electrons. The number of halogens is 4. The highest BCUT2D eigenvalue weighted by Gasteiger charge is 2.31. The number of alkyl halides is 3. The molecule has 0 aliphatic heterocycles. The van der Waals surface area contributed by atoms with Crippen molar-refractivity contribution in [3.05, 3.63) is 27.8 Å². The first-order chi connectivity index (χ1) is 6.49. The highest BCUT2D eigenvalue weighted by atomic mass is 127. The Labute approximate surface area is 93.4 Å². The van der Waals surface area contributed by atoms with Crippen molar-refractivity contribution < 1.29 is 17.9 Å². The van der Waals surface area contributed by atoms with Gasteiger partial charge in [-0.2, -0.15) is 0 Å². The van der Waals surface area contributed by atoms with Crippen molar-refractivity contribution in [3.8, 4) is 5.75 Å². The van der Waals surface area contributed by atoms with Gasteiger partial charge in [-0.15, -0.1) is 13.2 Å². The molecule has 1 aromatic rings. The van der Waals surface area contributed by atoms with E-state index in [1.54, 1.807) is 34.7 Å². The van der Waals surface area contributed by atoms with Crippen LogP contribution in [0.5, 0.6) is 5.75 Å². The first kappa shape index (κ1) is 13.5. The van der Waals surface area contributed by atoms with Crippen LogP contribution in [0.2, 0.25) is 0 Å². The molecule has 0 spiro atoms. The first-order valence-corrected chi connectivity index (χ1v) is 4.65. The molecule has 0 radical (unpaired) electrons. The minimum atomic E-state index is -4.61. The van der Waals surface area contributed by atoms with Gasteiger partial charge in [0.25, 0.3) is 0 Å². The highest BCUT2D eigenvalue weighted by Crippen LogP contribution is 2.26. The van der Waals surface area contributed by atoms with Gasteiger partial charge < -0.3 is 10.5 Å². The quantitative estimate of drug-likeness (QED) is 0.808. The molecule has 2 nitrogen and oxygen atoms in total. The van der Waals surface area contributed by atoms with Crippen molar-refractivity contribution in [3.63, 3.8) is 0 Å². The molecule has 14 heavy (non-hydrogen) atoms.